The summed E-state index contributed by atoms with van der Waals surface area (Å²) in [6, 6.07) is 0. The van der Waals surface area contributed by atoms with E-state index in [0.717, 1.165) is 4.31 Å². The van der Waals surface area contributed by atoms with E-state index in [1.165, 1.54) is 7.05 Å². The number of hydrogen-bond donors (Lipinski definition) is 1. The van der Waals surface area contributed by atoms with Crippen LogP contribution in [0.2, 0.25) is 0 Å². The van der Waals surface area contributed by atoms with Gasteiger partial charge in [-0.1, -0.05) is 17.4 Å². The van der Waals surface area contributed by atoms with Gasteiger partial charge in [0.2, 0.25) is 10.0 Å². The standard InChI is InChI=1S/C8H13N3O3S2/c1-5-8(6(2)14-10-5)16(12,13)11(3)4-7(9)15/h4H2,1-3H3,(H2,9,15). The van der Waals surface area contributed by atoms with Crippen molar-refractivity contribution in [3.05, 3.63) is 11.5 Å². The van der Waals surface area contributed by atoms with Crippen LogP contribution in [0.3, 0.4) is 0 Å². The number of nitrogens with two attached hydrogens (primary N) is 1. The van der Waals surface area contributed by atoms with E-state index in [1.807, 2.05) is 0 Å². The van der Waals surface area contributed by atoms with E-state index in [9.17, 15) is 8.42 Å². The van der Waals surface area contributed by atoms with Crippen molar-refractivity contribution in [2.45, 2.75) is 18.7 Å². The molecule has 1 rings (SSSR count). The van der Waals surface area contributed by atoms with Crippen molar-refractivity contribution in [1.82, 2.24) is 9.46 Å². The summed E-state index contributed by atoms with van der Waals surface area (Å²) in [5.41, 5.74) is 5.63. The Hall–Kier alpha value is -0.990. The van der Waals surface area contributed by atoms with Gasteiger partial charge in [0.05, 0.1) is 11.5 Å². The van der Waals surface area contributed by atoms with Gasteiger partial charge >= 0.3 is 0 Å². The van der Waals surface area contributed by atoms with Crippen molar-refractivity contribution < 1.29 is 12.9 Å². The molecule has 6 nitrogen and oxygen atoms in total. The Balaban J connectivity index is 3.17. The Bertz CT molecular complexity index is 487. The Morgan fingerprint density at radius 3 is 2.50 bits per heavy atom. The number of likely N-dealkylation sites (N-methyl/N-ethyl adjacent to an activating group) is 1. The highest BCUT2D eigenvalue weighted by Gasteiger charge is 2.28. The summed E-state index contributed by atoms with van der Waals surface area (Å²) >= 11 is 4.67. The van der Waals surface area contributed by atoms with Crippen molar-refractivity contribution in [3.63, 3.8) is 0 Å². The molecule has 0 aliphatic rings. The first kappa shape index (κ1) is 13.1. The van der Waals surface area contributed by atoms with Crippen LogP contribution in [0.25, 0.3) is 0 Å². The highest BCUT2D eigenvalue weighted by Crippen LogP contribution is 2.21. The van der Waals surface area contributed by atoms with Crippen molar-refractivity contribution in [2.24, 2.45) is 5.73 Å². The first-order valence-corrected chi connectivity index (χ1v) is 6.29. The summed E-state index contributed by atoms with van der Waals surface area (Å²) in [5, 5.41) is 3.60. The van der Waals surface area contributed by atoms with Gasteiger partial charge in [0.1, 0.15) is 10.6 Å². The molecule has 0 saturated heterocycles. The molecule has 90 valence electrons. The van der Waals surface area contributed by atoms with Crippen LogP contribution >= 0.6 is 12.2 Å². The zero-order valence-electron chi connectivity index (χ0n) is 9.22. The average Bonchev–Trinajstić information content (AvgIpc) is 2.45. The van der Waals surface area contributed by atoms with E-state index in [4.69, 9.17) is 10.3 Å². The molecule has 0 saturated carbocycles. The molecule has 2 N–H and O–H groups in total. The highest BCUT2D eigenvalue weighted by molar-refractivity contribution is 7.89. The van der Waals surface area contributed by atoms with Crippen molar-refractivity contribution in [2.75, 3.05) is 13.6 Å². The third-order valence-electron chi connectivity index (χ3n) is 2.01. The number of aryl methyl sites for hydroxylation is 2. The van der Waals surface area contributed by atoms with Gasteiger partial charge in [0.15, 0.2) is 5.76 Å². The maximum absolute atomic E-state index is 12.1. The first-order valence-electron chi connectivity index (χ1n) is 4.44. The second-order valence-electron chi connectivity index (χ2n) is 3.38. The molecule has 0 radical (unpaired) electrons. The minimum Gasteiger partial charge on any atom is -0.392 e. The Morgan fingerprint density at radius 1 is 1.56 bits per heavy atom. The van der Waals surface area contributed by atoms with Crippen LogP contribution in [-0.2, 0) is 10.0 Å². The summed E-state index contributed by atoms with van der Waals surface area (Å²) in [6.45, 7) is 3.10. The van der Waals surface area contributed by atoms with Crippen molar-refractivity contribution in [3.8, 4) is 0 Å². The molecule has 1 aromatic heterocycles. The topological polar surface area (TPSA) is 89.4 Å². The highest BCUT2D eigenvalue weighted by atomic mass is 32.2. The molecule has 16 heavy (non-hydrogen) atoms. The van der Waals surface area contributed by atoms with Gasteiger partial charge in [-0.15, -0.1) is 0 Å². The quantitative estimate of drug-likeness (QED) is 0.780. The maximum atomic E-state index is 12.1. The Kier molecular flexibility index (Phi) is 3.66. The molecule has 0 amide bonds. The minimum absolute atomic E-state index is 0.0122. The van der Waals surface area contributed by atoms with E-state index in [0.29, 0.717) is 5.69 Å². The van der Waals surface area contributed by atoms with E-state index in [2.05, 4.69) is 17.4 Å². The fourth-order valence-electron chi connectivity index (χ4n) is 1.30. The fourth-order valence-corrected chi connectivity index (χ4v) is 3.01. The molecule has 0 aromatic carbocycles. The first-order chi connectivity index (χ1) is 7.26. The summed E-state index contributed by atoms with van der Waals surface area (Å²) in [4.78, 5) is 0.184. The molecule has 0 bridgehead atoms. The van der Waals surface area contributed by atoms with Gasteiger partial charge in [0, 0.05) is 7.05 Å². The number of thiocarbonyl (C=S) groups is 1. The molecule has 0 spiro atoms. The molecular weight excluding hydrogens is 250 g/mol. The predicted octanol–water partition coefficient (Wildman–Crippen LogP) is 0.198. The van der Waals surface area contributed by atoms with Crippen LogP contribution in [0.1, 0.15) is 11.5 Å². The lowest BCUT2D eigenvalue weighted by Crippen LogP contribution is -2.34. The van der Waals surface area contributed by atoms with Crippen LogP contribution in [0.4, 0.5) is 0 Å². The second kappa shape index (κ2) is 4.48. The largest absolute Gasteiger partial charge is 0.392 e. The van der Waals surface area contributed by atoms with Gasteiger partial charge < -0.3 is 10.3 Å². The summed E-state index contributed by atoms with van der Waals surface area (Å²) in [7, 11) is -2.24. The van der Waals surface area contributed by atoms with Crippen LogP contribution in [0.5, 0.6) is 0 Å². The lowest BCUT2D eigenvalue weighted by Gasteiger charge is -2.15. The summed E-state index contributed by atoms with van der Waals surface area (Å²) in [5.74, 6) is 0.257. The Labute approximate surface area is 99.4 Å². The van der Waals surface area contributed by atoms with Crippen LogP contribution in [-0.4, -0.2) is 36.5 Å². The van der Waals surface area contributed by atoms with E-state index < -0.39 is 10.0 Å². The molecule has 0 atom stereocenters. The third-order valence-corrected chi connectivity index (χ3v) is 4.19. The molecule has 0 aliphatic heterocycles. The number of hydrogen-bond acceptors (Lipinski definition) is 5. The zero-order chi connectivity index (χ0) is 12.5. The zero-order valence-corrected chi connectivity index (χ0v) is 10.9. The van der Waals surface area contributed by atoms with Crippen LogP contribution in [0.15, 0.2) is 9.42 Å². The second-order valence-corrected chi connectivity index (χ2v) is 5.89. The molecule has 1 aromatic rings. The molecular formula is C8H13N3O3S2. The SMILES string of the molecule is Cc1noc(C)c1S(=O)(=O)N(C)CC(N)=S. The van der Waals surface area contributed by atoms with Crippen LogP contribution < -0.4 is 5.73 Å². The van der Waals surface area contributed by atoms with Gasteiger partial charge in [-0.05, 0) is 13.8 Å². The molecule has 0 unspecified atom stereocenters. The molecule has 8 heteroatoms. The van der Waals surface area contributed by atoms with Crippen molar-refractivity contribution >= 4 is 27.2 Å². The smallest absolute Gasteiger partial charge is 0.248 e. The number of nitrogens with zero attached hydrogens (tertiary/aromatic N) is 2. The normalized spacial score (nSPS) is 12.0. The number of rotatable bonds is 4. The van der Waals surface area contributed by atoms with Crippen molar-refractivity contribution in [1.29, 1.82) is 0 Å². The van der Waals surface area contributed by atoms with Gasteiger partial charge in [-0.3, -0.25) is 0 Å². The van der Waals surface area contributed by atoms with Gasteiger partial charge in [-0.2, -0.15) is 4.31 Å². The monoisotopic (exact) mass is 263 g/mol. The van der Waals surface area contributed by atoms with E-state index in [-0.39, 0.29) is 22.2 Å². The maximum Gasteiger partial charge on any atom is 0.248 e. The van der Waals surface area contributed by atoms with Gasteiger partial charge in [0.25, 0.3) is 0 Å². The van der Waals surface area contributed by atoms with Gasteiger partial charge in [-0.25, -0.2) is 8.42 Å². The number of aromatic nitrogens is 1. The molecule has 1 heterocycles. The predicted molar refractivity (Wildman–Crippen MR) is 62.6 cm³/mol. The summed E-state index contributed by atoms with van der Waals surface area (Å²) < 4.78 is 30.1. The third kappa shape index (κ3) is 2.39. The summed E-state index contributed by atoms with van der Waals surface area (Å²) in [6.07, 6.45) is 0. The molecule has 0 aliphatic carbocycles. The average molecular weight is 263 g/mol. The molecule has 0 fully saturated rings. The lowest BCUT2D eigenvalue weighted by molar-refractivity contribution is 0.390. The van der Waals surface area contributed by atoms with Crippen LogP contribution in [0, 0.1) is 13.8 Å². The fraction of sp³-hybridized carbons (Fsp3) is 0.500. The Morgan fingerprint density at radius 2 is 2.12 bits per heavy atom. The lowest BCUT2D eigenvalue weighted by atomic mass is 10.4. The minimum atomic E-state index is -3.64. The number of sulfonamides is 1. The van der Waals surface area contributed by atoms with E-state index in [1.54, 1.807) is 13.8 Å². The van der Waals surface area contributed by atoms with E-state index >= 15 is 0 Å².